The number of anilines is 1. The van der Waals surface area contributed by atoms with Gasteiger partial charge >= 0.3 is 0 Å². The van der Waals surface area contributed by atoms with Gasteiger partial charge in [0.1, 0.15) is 18.4 Å². The summed E-state index contributed by atoms with van der Waals surface area (Å²) in [6, 6.07) is 26.1. The molecule has 4 rings (SSSR count). The van der Waals surface area contributed by atoms with Gasteiger partial charge in [-0.2, -0.15) is 0 Å². The van der Waals surface area contributed by atoms with E-state index in [1.54, 1.807) is 56.3 Å². The summed E-state index contributed by atoms with van der Waals surface area (Å²) in [5.41, 5.74) is 3.72. The molecule has 4 aromatic carbocycles. The molecular formula is C35H38FN3O4S. The number of carbonyl (C=O) groups excluding carboxylic acids is 2. The van der Waals surface area contributed by atoms with Gasteiger partial charge in [0, 0.05) is 25.1 Å². The lowest BCUT2D eigenvalue weighted by atomic mass is 10.0. The van der Waals surface area contributed by atoms with Gasteiger partial charge in [-0.3, -0.25) is 13.9 Å². The quantitative estimate of drug-likeness (QED) is 0.221. The third-order valence-electron chi connectivity index (χ3n) is 7.44. The molecule has 0 spiro atoms. The Morgan fingerprint density at radius 1 is 0.841 bits per heavy atom. The van der Waals surface area contributed by atoms with E-state index in [1.807, 2.05) is 50.2 Å². The molecular weight excluding hydrogens is 577 g/mol. The zero-order valence-corrected chi connectivity index (χ0v) is 26.3. The molecule has 0 aliphatic carbocycles. The second kappa shape index (κ2) is 14.3. The molecule has 230 valence electrons. The van der Waals surface area contributed by atoms with Crippen molar-refractivity contribution in [3.63, 3.8) is 0 Å². The van der Waals surface area contributed by atoms with E-state index in [4.69, 9.17) is 0 Å². The van der Waals surface area contributed by atoms with E-state index in [0.717, 1.165) is 21.0 Å². The van der Waals surface area contributed by atoms with Gasteiger partial charge in [0.2, 0.25) is 11.8 Å². The Morgan fingerprint density at radius 2 is 1.48 bits per heavy atom. The van der Waals surface area contributed by atoms with Crippen LogP contribution in [0.2, 0.25) is 0 Å². The van der Waals surface area contributed by atoms with Crippen molar-refractivity contribution in [2.75, 3.05) is 17.4 Å². The summed E-state index contributed by atoms with van der Waals surface area (Å²) < 4.78 is 44.4. The van der Waals surface area contributed by atoms with Crippen LogP contribution in [0.25, 0.3) is 0 Å². The van der Waals surface area contributed by atoms with Crippen molar-refractivity contribution in [3.05, 3.63) is 131 Å². The number of sulfonamides is 1. The summed E-state index contributed by atoms with van der Waals surface area (Å²) >= 11 is 0. The molecule has 2 amide bonds. The highest BCUT2D eigenvalue weighted by Gasteiger charge is 2.35. The van der Waals surface area contributed by atoms with Gasteiger partial charge in [0.15, 0.2) is 0 Å². The number of nitrogens with zero attached hydrogens (tertiary/aromatic N) is 2. The van der Waals surface area contributed by atoms with Gasteiger partial charge in [0.25, 0.3) is 10.0 Å². The van der Waals surface area contributed by atoms with Crippen molar-refractivity contribution in [1.29, 1.82) is 0 Å². The van der Waals surface area contributed by atoms with Crippen molar-refractivity contribution in [2.45, 2.75) is 51.6 Å². The molecule has 7 nitrogen and oxygen atoms in total. The highest BCUT2D eigenvalue weighted by Crippen LogP contribution is 2.29. The predicted octanol–water partition coefficient (Wildman–Crippen LogP) is 5.72. The minimum atomic E-state index is -4.22. The maximum atomic E-state index is 15.0. The van der Waals surface area contributed by atoms with Gasteiger partial charge in [-0.05, 0) is 68.7 Å². The van der Waals surface area contributed by atoms with Crippen molar-refractivity contribution < 1.29 is 22.4 Å². The molecule has 1 atom stereocenters. The summed E-state index contributed by atoms with van der Waals surface area (Å²) in [7, 11) is -4.22. The first kappa shape index (κ1) is 32.4. The predicted molar refractivity (Wildman–Crippen MR) is 171 cm³/mol. The van der Waals surface area contributed by atoms with Crippen LogP contribution in [0.3, 0.4) is 0 Å². The molecule has 0 aromatic heterocycles. The molecule has 0 fully saturated rings. The molecule has 9 heteroatoms. The fourth-order valence-corrected chi connectivity index (χ4v) is 6.47. The number of halogens is 1. The molecule has 0 aliphatic heterocycles. The lowest BCUT2D eigenvalue weighted by Crippen LogP contribution is -2.53. The van der Waals surface area contributed by atoms with E-state index in [2.05, 4.69) is 5.32 Å². The summed E-state index contributed by atoms with van der Waals surface area (Å²) in [5.74, 6) is -1.59. The van der Waals surface area contributed by atoms with Crippen molar-refractivity contribution in [2.24, 2.45) is 0 Å². The molecule has 0 bridgehead atoms. The fraction of sp³-hybridized carbons (Fsp3) is 0.257. The molecule has 0 radical (unpaired) electrons. The normalized spacial score (nSPS) is 11.9. The number of nitrogens with one attached hydrogen (secondary N) is 1. The van der Waals surface area contributed by atoms with Crippen LogP contribution < -0.4 is 9.62 Å². The lowest BCUT2D eigenvalue weighted by Gasteiger charge is -2.34. The Labute approximate surface area is 259 Å². The largest absolute Gasteiger partial charge is 0.355 e. The van der Waals surface area contributed by atoms with Crippen LogP contribution in [0.4, 0.5) is 10.1 Å². The summed E-state index contributed by atoms with van der Waals surface area (Å²) in [6.07, 6.45) is 0.154. The van der Waals surface area contributed by atoms with E-state index in [0.29, 0.717) is 17.8 Å². The fourth-order valence-electron chi connectivity index (χ4n) is 5.00. The summed E-state index contributed by atoms with van der Waals surface area (Å²) in [4.78, 5) is 29.3. The number of benzene rings is 4. The molecule has 0 unspecified atom stereocenters. The molecule has 0 saturated heterocycles. The van der Waals surface area contributed by atoms with E-state index in [-0.39, 0.29) is 23.4 Å². The molecule has 0 heterocycles. The monoisotopic (exact) mass is 615 g/mol. The molecule has 0 saturated carbocycles. The van der Waals surface area contributed by atoms with Crippen LogP contribution in [-0.2, 0) is 32.6 Å². The zero-order valence-electron chi connectivity index (χ0n) is 25.5. The number of hydrogen-bond donors (Lipinski definition) is 1. The maximum Gasteiger partial charge on any atom is 0.264 e. The smallest absolute Gasteiger partial charge is 0.264 e. The van der Waals surface area contributed by atoms with E-state index >= 15 is 0 Å². The third kappa shape index (κ3) is 7.71. The first-order valence-corrected chi connectivity index (χ1v) is 16.0. The number of carbonyl (C=O) groups is 2. The molecule has 4 aromatic rings. The lowest BCUT2D eigenvalue weighted by molar-refractivity contribution is -0.140. The number of aryl methyl sites for hydroxylation is 3. The Bertz CT molecular complexity index is 1710. The first-order chi connectivity index (χ1) is 21.0. The molecule has 1 N–H and O–H groups in total. The number of rotatable bonds is 12. The van der Waals surface area contributed by atoms with E-state index in [9.17, 15) is 22.4 Å². The standard InChI is InChI=1S/C35H38FN3O4S/c1-5-37-35(41)33(22-28-11-7-6-8-12-28)38(23-29-13-9-10-14-31(29)36)34(40)24-39(32-21-26(3)15-18-27(32)4)44(42,43)30-19-16-25(2)17-20-30/h6-21,33H,5,22-24H2,1-4H3,(H,37,41)/t33-/m1/s1. The number of likely N-dealkylation sites (N-methyl/N-ethyl adjacent to an activating group) is 1. The van der Waals surface area contributed by atoms with Crippen LogP contribution in [-0.4, -0.2) is 44.3 Å². The Kier molecular flexibility index (Phi) is 10.5. The minimum Gasteiger partial charge on any atom is -0.355 e. The summed E-state index contributed by atoms with van der Waals surface area (Å²) in [6.45, 7) is 6.75. The topological polar surface area (TPSA) is 86.8 Å². The van der Waals surface area contributed by atoms with Crippen LogP contribution in [0, 0.1) is 26.6 Å². The SMILES string of the molecule is CCNC(=O)[C@@H](Cc1ccccc1)N(Cc1ccccc1F)C(=O)CN(c1cc(C)ccc1C)S(=O)(=O)c1ccc(C)cc1. The van der Waals surface area contributed by atoms with Crippen LogP contribution in [0.1, 0.15) is 34.7 Å². The number of hydrogen-bond acceptors (Lipinski definition) is 4. The third-order valence-corrected chi connectivity index (χ3v) is 9.22. The average molecular weight is 616 g/mol. The second-order valence-electron chi connectivity index (χ2n) is 10.8. The zero-order chi connectivity index (χ0) is 31.9. The van der Waals surface area contributed by atoms with Gasteiger partial charge in [-0.25, -0.2) is 12.8 Å². The van der Waals surface area contributed by atoms with Crippen LogP contribution in [0.5, 0.6) is 0 Å². The average Bonchev–Trinajstić information content (AvgIpc) is 3.00. The van der Waals surface area contributed by atoms with Gasteiger partial charge < -0.3 is 10.2 Å². The van der Waals surface area contributed by atoms with Gasteiger partial charge in [-0.1, -0.05) is 78.4 Å². The molecule has 0 aliphatic rings. The van der Waals surface area contributed by atoms with E-state index in [1.165, 1.54) is 23.1 Å². The number of amides is 2. The Balaban J connectivity index is 1.83. The van der Waals surface area contributed by atoms with E-state index < -0.39 is 40.2 Å². The molecule has 44 heavy (non-hydrogen) atoms. The highest BCUT2D eigenvalue weighted by atomic mass is 32.2. The van der Waals surface area contributed by atoms with Gasteiger partial charge in [-0.15, -0.1) is 0 Å². The maximum absolute atomic E-state index is 15.0. The second-order valence-corrected chi connectivity index (χ2v) is 12.7. The van der Waals surface area contributed by atoms with Gasteiger partial charge in [0.05, 0.1) is 10.6 Å². The van der Waals surface area contributed by atoms with Crippen molar-refractivity contribution in [1.82, 2.24) is 10.2 Å². The van der Waals surface area contributed by atoms with Crippen LogP contribution >= 0.6 is 0 Å². The highest BCUT2D eigenvalue weighted by molar-refractivity contribution is 7.92. The Hall–Kier alpha value is -4.50. The Morgan fingerprint density at radius 3 is 2.14 bits per heavy atom. The first-order valence-electron chi connectivity index (χ1n) is 14.5. The van der Waals surface area contributed by atoms with Crippen molar-refractivity contribution in [3.8, 4) is 0 Å². The van der Waals surface area contributed by atoms with Crippen molar-refractivity contribution >= 4 is 27.5 Å². The minimum absolute atomic E-state index is 0.0296. The van der Waals surface area contributed by atoms with Crippen LogP contribution in [0.15, 0.2) is 102 Å². The summed E-state index contributed by atoms with van der Waals surface area (Å²) in [5, 5.41) is 2.81.